The topological polar surface area (TPSA) is 126 Å². The first-order chi connectivity index (χ1) is 11.2. The Morgan fingerprint density at radius 3 is 1.42 bits per heavy atom. The predicted octanol–water partition coefficient (Wildman–Crippen LogP) is -2.24. The Bertz CT molecular complexity index is 387. The van der Waals surface area contributed by atoms with E-state index >= 15 is 0 Å². The number of amides is 3. The van der Waals surface area contributed by atoms with Crippen LogP contribution < -0.4 is 21.3 Å². The van der Waals surface area contributed by atoms with Gasteiger partial charge in [-0.1, -0.05) is 0 Å². The molecule has 0 saturated heterocycles. The lowest BCUT2D eigenvalue weighted by molar-refractivity contribution is -0.121. The average Bonchev–Trinajstić information content (AvgIpc) is 2.47. The van der Waals surface area contributed by atoms with Crippen molar-refractivity contribution in [2.45, 2.75) is 33.9 Å². The third kappa shape index (κ3) is 13.9. The summed E-state index contributed by atoms with van der Waals surface area (Å²) in [7, 11) is 0. The highest BCUT2D eigenvalue weighted by molar-refractivity contribution is 5.73. The molecule has 10 heteroatoms. The molecule has 0 aromatic heterocycles. The van der Waals surface area contributed by atoms with Crippen LogP contribution >= 0.6 is 0 Å². The number of rotatable bonds is 12. The van der Waals surface area contributed by atoms with Crippen molar-refractivity contribution in [1.29, 1.82) is 0 Å². The maximum atomic E-state index is 11.1. The first-order valence-corrected chi connectivity index (χ1v) is 7.80. The Hall–Kier alpha value is -1.75. The fourth-order valence-electron chi connectivity index (χ4n) is 1.64. The van der Waals surface area contributed by atoms with Crippen molar-refractivity contribution < 1.29 is 19.5 Å². The summed E-state index contributed by atoms with van der Waals surface area (Å²) < 4.78 is 0. The molecule has 0 aliphatic rings. The van der Waals surface area contributed by atoms with E-state index in [2.05, 4.69) is 21.3 Å². The number of hydrogen-bond acceptors (Lipinski definition) is 7. The molecule has 0 fully saturated rings. The number of carbonyl (C=O) groups excluding carboxylic acids is 3. The second kappa shape index (κ2) is 12.6. The lowest BCUT2D eigenvalue weighted by atomic mass is 10.5. The zero-order chi connectivity index (χ0) is 18.5. The van der Waals surface area contributed by atoms with E-state index in [-0.39, 0.29) is 17.7 Å². The van der Waals surface area contributed by atoms with Crippen LogP contribution in [0.5, 0.6) is 0 Å². The predicted molar refractivity (Wildman–Crippen MR) is 89.1 cm³/mol. The van der Waals surface area contributed by atoms with Gasteiger partial charge in [-0.3, -0.25) is 29.5 Å². The van der Waals surface area contributed by atoms with Gasteiger partial charge in [-0.25, -0.2) is 0 Å². The molecule has 0 aromatic carbocycles. The molecular formula is C14H30N6O4. The summed E-state index contributed by atoms with van der Waals surface area (Å²) in [5.74, 6) is -0.465. The molecule has 0 unspecified atom stereocenters. The molecule has 0 bridgehead atoms. The van der Waals surface area contributed by atoms with Gasteiger partial charge in [0.1, 0.15) is 6.23 Å². The molecule has 3 amide bonds. The van der Waals surface area contributed by atoms with Crippen molar-refractivity contribution in [2.75, 3.05) is 39.8 Å². The fourth-order valence-corrected chi connectivity index (χ4v) is 1.64. The van der Waals surface area contributed by atoms with Crippen molar-refractivity contribution in [3.05, 3.63) is 0 Å². The molecule has 0 saturated carbocycles. The van der Waals surface area contributed by atoms with E-state index in [0.29, 0.717) is 39.8 Å². The molecule has 0 aromatic rings. The molecule has 24 heavy (non-hydrogen) atoms. The summed E-state index contributed by atoms with van der Waals surface area (Å²) in [5.41, 5.74) is 0. The summed E-state index contributed by atoms with van der Waals surface area (Å²) >= 11 is 0. The Labute approximate surface area is 142 Å². The fraction of sp³-hybridized carbons (Fsp3) is 0.786. The number of carbonyl (C=O) groups is 3. The lowest BCUT2D eigenvalue weighted by Crippen LogP contribution is -2.49. The van der Waals surface area contributed by atoms with Crippen LogP contribution in [0.15, 0.2) is 0 Å². The molecule has 0 heterocycles. The maximum absolute atomic E-state index is 11.1. The van der Waals surface area contributed by atoms with Gasteiger partial charge in [0.25, 0.3) is 0 Å². The normalized spacial score (nSPS) is 12.1. The minimum atomic E-state index is -0.667. The number of nitrogens with zero attached hydrogens (tertiary/aromatic N) is 2. The van der Waals surface area contributed by atoms with E-state index in [9.17, 15) is 19.5 Å². The van der Waals surface area contributed by atoms with Crippen LogP contribution in [0.1, 0.15) is 27.7 Å². The molecule has 0 rings (SSSR count). The monoisotopic (exact) mass is 346 g/mol. The van der Waals surface area contributed by atoms with Crippen LogP contribution in [-0.4, -0.2) is 78.6 Å². The number of hydrogen-bond donors (Lipinski definition) is 5. The smallest absolute Gasteiger partial charge is 0.217 e. The van der Waals surface area contributed by atoms with E-state index in [1.54, 1.807) is 6.92 Å². The van der Waals surface area contributed by atoms with E-state index in [1.165, 1.54) is 20.8 Å². The van der Waals surface area contributed by atoms with Crippen molar-refractivity contribution in [3.63, 3.8) is 0 Å². The Balaban J connectivity index is 4.50. The standard InChI is InChI=1S/C14H30N6O4/c1-11(21)15-7-19(8-16-12(2)22)5-6-20(9-17-13(3)23)10-18-14(4)24/h11,15,21H,5-10H2,1-4H3,(H,16,22)(H,17,23)(H,18,24)/t11-/m1/s1. The first-order valence-electron chi connectivity index (χ1n) is 7.80. The van der Waals surface area contributed by atoms with Gasteiger partial charge in [0.05, 0.1) is 26.7 Å². The van der Waals surface area contributed by atoms with E-state index < -0.39 is 6.23 Å². The molecule has 0 aliphatic carbocycles. The summed E-state index contributed by atoms with van der Waals surface area (Å²) in [6.07, 6.45) is -0.667. The highest BCUT2D eigenvalue weighted by Crippen LogP contribution is 1.90. The molecule has 0 spiro atoms. The van der Waals surface area contributed by atoms with Crippen LogP contribution in [-0.2, 0) is 14.4 Å². The molecule has 0 aliphatic heterocycles. The Kier molecular flexibility index (Phi) is 11.7. The van der Waals surface area contributed by atoms with Crippen molar-refractivity contribution in [1.82, 2.24) is 31.1 Å². The SMILES string of the molecule is CC(=O)NCN(CCN(CNC(C)=O)CN[C@@H](C)O)CNC(C)=O. The second-order valence-electron chi connectivity index (χ2n) is 5.50. The van der Waals surface area contributed by atoms with Gasteiger partial charge >= 0.3 is 0 Å². The zero-order valence-electron chi connectivity index (χ0n) is 14.9. The number of aliphatic hydroxyl groups is 1. The van der Waals surface area contributed by atoms with Crippen molar-refractivity contribution in [2.24, 2.45) is 0 Å². The van der Waals surface area contributed by atoms with Gasteiger partial charge in [0.2, 0.25) is 17.7 Å². The van der Waals surface area contributed by atoms with Crippen LogP contribution in [0.3, 0.4) is 0 Å². The highest BCUT2D eigenvalue weighted by Gasteiger charge is 2.11. The molecule has 10 nitrogen and oxygen atoms in total. The van der Waals surface area contributed by atoms with Gasteiger partial charge in [-0.2, -0.15) is 0 Å². The summed E-state index contributed by atoms with van der Waals surface area (Å²) in [6, 6.07) is 0. The minimum absolute atomic E-state index is 0.148. The molecule has 1 atom stereocenters. The van der Waals surface area contributed by atoms with Gasteiger partial charge in [0, 0.05) is 33.9 Å². The van der Waals surface area contributed by atoms with E-state index in [4.69, 9.17) is 0 Å². The van der Waals surface area contributed by atoms with Crippen molar-refractivity contribution in [3.8, 4) is 0 Å². The third-order valence-corrected chi connectivity index (χ3v) is 3.00. The largest absolute Gasteiger partial charge is 0.379 e. The van der Waals surface area contributed by atoms with Crippen LogP contribution in [0.25, 0.3) is 0 Å². The van der Waals surface area contributed by atoms with Gasteiger partial charge in [-0.15, -0.1) is 0 Å². The summed E-state index contributed by atoms with van der Waals surface area (Å²) in [4.78, 5) is 36.9. The second-order valence-corrected chi connectivity index (χ2v) is 5.50. The molecular weight excluding hydrogens is 316 g/mol. The lowest BCUT2D eigenvalue weighted by Gasteiger charge is -2.28. The first kappa shape index (κ1) is 22.2. The van der Waals surface area contributed by atoms with Crippen molar-refractivity contribution >= 4 is 17.7 Å². The summed E-state index contributed by atoms with van der Waals surface area (Å²) in [5, 5.41) is 20.3. The van der Waals surface area contributed by atoms with Gasteiger partial charge < -0.3 is 21.1 Å². The quantitative estimate of drug-likeness (QED) is 0.253. The molecule has 0 radical (unpaired) electrons. The van der Waals surface area contributed by atoms with E-state index in [0.717, 1.165) is 0 Å². The number of nitrogens with one attached hydrogen (secondary N) is 4. The number of aliphatic hydroxyl groups excluding tert-OH is 1. The van der Waals surface area contributed by atoms with Crippen LogP contribution in [0.4, 0.5) is 0 Å². The van der Waals surface area contributed by atoms with E-state index in [1.807, 2.05) is 9.80 Å². The van der Waals surface area contributed by atoms with Gasteiger partial charge in [-0.05, 0) is 6.92 Å². The minimum Gasteiger partial charge on any atom is -0.379 e. The maximum Gasteiger partial charge on any atom is 0.217 e. The van der Waals surface area contributed by atoms with Crippen LogP contribution in [0.2, 0.25) is 0 Å². The average molecular weight is 346 g/mol. The molecule has 140 valence electrons. The molecule has 5 N–H and O–H groups in total. The summed E-state index contributed by atoms with van der Waals surface area (Å²) in [6.45, 7) is 8.28. The Morgan fingerprint density at radius 1 is 0.792 bits per heavy atom. The third-order valence-electron chi connectivity index (χ3n) is 3.00. The Morgan fingerprint density at radius 2 is 1.12 bits per heavy atom. The van der Waals surface area contributed by atoms with Crippen LogP contribution in [0, 0.1) is 0 Å². The zero-order valence-corrected chi connectivity index (χ0v) is 14.9. The van der Waals surface area contributed by atoms with Gasteiger partial charge in [0.15, 0.2) is 0 Å². The highest BCUT2D eigenvalue weighted by atomic mass is 16.3.